The van der Waals surface area contributed by atoms with Crippen LogP contribution in [0.4, 0.5) is 5.69 Å². The summed E-state index contributed by atoms with van der Waals surface area (Å²) in [6.07, 6.45) is 5.91. The summed E-state index contributed by atoms with van der Waals surface area (Å²) >= 11 is 0. The van der Waals surface area contributed by atoms with E-state index in [0.717, 1.165) is 64.1 Å². The Morgan fingerprint density at radius 1 is 1.12 bits per heavy atom. The molecular weight excluding hydrogens is 328 g/mol. The highest BCUT2D eigenvalue weighted by atomic mass is 16.5. The summed E-state index contributed by atoms with van der Waals surface area (Å²) < 4.78 is 11.6. The molecule has 26 heavy (non-hydrogen) atoms. The minimum absolute atomic E-state index is 0.193. The average molecular weight is 358 g/mol. The second-order valence-electron chi connectivity index (χ2n) is 7.91. The summed E-state index contributed by atoms with van der Waals surface area (Å²) in [5.74, 6) is 0.193. The van der Waals surface area contributed by atoms with Gasteiger partial charge in [-0.05, 0) is 50.7 Å². The smallest absolute Gasteiger partial charge is 0.241 e. The van der Waals surface area contributed by atoms with E-state index >= 15 is 0 Å². The Morgan fingerprint density at radius 3 is 2.38 bits per heavy atom. The van der Waals surface area contributed by atoms with Crippen molar-refractivity contribution in [2.24, 2.45) is 0 Å². The van der Waals surface area contributed by atoms with Crippen LogP contribution in [0.1, 0.15) is 38.2 Å². The van der Waals surface area contributed by atoms with Gasteiger partial charge in [-0.15, -0.1) is 0 Å². The van der Waals surface area contributed by atoms with Crippen molar-refractivity contribution in [1.29, 1.82) is 0 Å². The molecule has 1 aromatic rings. The molecule has 0 unspecified atom stereocenters. The van der Waals surface area contributed by atoms with Crippen molar-refractivity contribution in [3.05, 3.63) is 29.8 Å². The first kappa shape index (κ1) is 18.0. The molecule has 3 atom stereocenters. The number of ether oxygens (including phenoxy) is 2. The van der Waals surface area contributed by atoms with Gasteiger partial charge in [0.1, 0.15) is 0 Å². The minimum atomic E-state index is 0.193. The number of fused-ring (bicyclic) bond motifs is 1. The predicted octanol–water partition coefficient (Wildman–Crippen LogP) is 2.62. The maximum absolute atomic E-state index is 13.2. The topological polar surface area (TPSA) is 42.0 Å². The standard InChI is InChI=1S/C21H30N2O3/c1-16-12-17-6-2-3-9-20(17)23(16)21(24)15-22(13-18-7-4-10-25-18)14-19-8-5-11-26-19/h2-3,6,9,16,18-19H,4-5,7-8,10-15H2,1H3/t16-,18-,19-/m1/s1. The third kappa shape index (κ3) is 3.95. The number of para-hydroxylation sites is 1. The average Bonchev–Trinajstić information content (AvgIpc) is 3.35. The highest BCUT2D eigenvalue weighted by Gasteiger charge is 2.32. The van der Waals surface area contributed by atoms with Crippen molar-refractivity contribution in [2.45, 2.75) is 57.3 Å². The maximum Gasteiger partial charge on any atom is 0.241 e. The monoisotopic (exact) mass is 358 g/mol. The lowest BCUT2D eigenvalue weighted by Crippen LogP contribution is -2.47. The van der Waals surface area contributed by atoms with E-state index in [0.29, 0.717) is 6.54 Å². The molecule has 1 amide bonds. The quantitative estimate of drug-likeness (QED) is 0.784. The molecule has 5 nitrogen and oxygen atoms in total. The molecule has 0 spiro atoms. The first-order chi connectivity index (χ1) is 12.7. The van der Waals surface area contributed by atoms with Crippen molar-refractivity contribution in [2.75, 3.05) is 37.7 Å². The third-order valence-corrected chi connectivity index (χ3v) is 5.81. The second-order valence-corrected chi connectivity index (χ2v) is 7.91. The van der Waals surface area contributed by atoms with Crippen LogP contribution in [0.2, 0.25) is 0 Å². The molecule has 0 N–H and O–H groups in total. The summed E-state index contributed by atoms with van der Waals surface area (Å²) in [7, 11) is 0. The van der Waals surface area contributed by atoms with Gasteiger partial charge in [0.25, 0.3) is 0 Å². The number of anilines is 1. The van der Waals surface area contributed by atoms with E-state index in [-0.39, 0.29) is 24.2 Å². The van der Waals surface area contributed by atoms with E-state index in [4.69, 9.17) is 9.47 Å². The van der Waals surface area contributed by atoms with Crippen LogP contribution in [-0.2, 0) is 20.7 Å². The van der Waals surface area contributed by atoms with Crippen LogP contribution in [0.15, 0.2) is 24.3 Å². The zero-order valence-corrected chi connectivity index (χ0v) is 15.7. The van der Waals surface area contributed by atoms with Crippen LogP contribution in [-0.4, -0.2) is 61.9 Å². The predicted molar refractivity (Wildman–Crippen MR) is 101 cm³/mol. The van der Waals surface area contributed by atoms with Gasteiger partial charge in [0, 0.05) is 38.0 Å². The van der Waals surface area contributed by atoms with Gasteiger partial charge in [-0.3, -0.25) is 9.69 Å². The van der Waals surface area contributed by atoms with E-state index in [2.05, 4.69) is 30.0 Å². The van der Waals surface area contributed by atoms with Gasteiger partial charge in [0.15, 0.2) is 0 Å². The lowest BCUT2D eigenvalue weighted by atomic mass is 10.1. The maximum atomic E-state index is 13.2. The molecule has 3 aliphatic heterocycles. The first-order valence-electron chi connectivity index (χ1n) is 10.1. The number of amides is 1. The third-order valence-electron chi connectivity index (χ3n) is 5.81. The number of nitrogens with zero attached hydrogens (tertiary/aromatic N) is 2. The Balaban J connectivity index is 1.44. The van der Waals surface area contributed by atoms with Crippen molar-refractivity contribution >= 4 is 11.6 Å². The largest absolute Gasteiger partial charge is 0.377 e. The Morgan fingerprint density at radius 2 is 1.77 bits per heavy atom. The minimum Gasteiger partial charge on any atom is -0.377 e. The molecule has 2 fully saturated rings. The summed E-state index contributed by atoms with van der Waals surface area (Å²) in [4.78, 5) is 17.4. The molecular formula is C21H30N2O3. The summed E-state index contributed by atoms with van der Waals surface area (Å²) in [6.45, 7) is 5.94. The molecule has 2 saturated heterocycles. The Kier molecular flexibility index (Phi) is 5.57. The molecule has 3 aliphatic rings. The molecule has 0 aromatic heterocycles. The lowest BCUT2D eigenvalue weighted by Gasteiger charge is -2.30. The van der Waals surface area contributed by atoms with Gasteiger partial charge in [-0.25, -0.2) is 0 Å². The molecule has 142 valence electrons. The van der Waals surface area contributed by atoms with Gasteiger partial charge in [0.05, 0.1) is 18.8 Å². The molecule has 0 radical (unpaired) electrons. The fraction of sp³-hybridized carbons (Fsp3) is 0.667. The van der Waals surface area contributed by atoms with Crippen LogP contribution in [0.25, 0.3) is 0 Å². The highest BCUT2D eigenvalue weighted by Crippen LogP contribution is 2.32. The fourth-order valence-electron chi connectivity index (χ4n) is 4.57. The fourth-order valence-corrected chi connectivity index (χ4v) is 4.57. The summed E-state index contributed by atoms with van der Waals surface area (Å²) in [5.41, 5.74) is 2.36. The Hall–Kier alpha value is -1.43. The van der Waals surface area contributed by atoms with Crippen molar-refractivity contribution in [1.82, 2.24) is 4.90 Å². The Labute approximate surface area is 156 Å². The number of benzene rings is 1. The van der Waals surface area contributed by atoms with E-state index in [1.807, 2.05) is 11.0 Å². The van der Waals surface area contributed by atoms with E-state index in [9.17, 15) is 4.79 Å². The van der Waals surface area contributed by atoms with Gasteiger partial charge in [-0.2, -0.15) is 0 Å². The van der Waals surface area contributed by atoms with E-state index in [1.54, 1.807) is 0 Å². The number of rotatable bonds is 6. The van der Waals surface area contributed by atoms with Crippen molar-refractivity contribution in [3.63, 3.8) is 0 Å². The zero-order valence-electron chi connectivity index (χ0n) is 15.7. The summed E-state index contributed by atoms with van der Waals surface area (Å²) in [5, 5.41) is 0. The van der Waals surface area contributed by atoms with Gasteiger partial charge >= 0.3 is 0 Å². The molecule has 0 bridgehead atoms. The van der Waals surface area contributed by atoms with E-state index < -0.39 is 0 Å². The van der Waals surface area contributed by atoms with Crippen molar-refractivity contribution < 1.29 is 14.3 Å². The lowest BCUT2D eigenvalue weighted by molar-refractivity contribution is -0.120. The number of carbonyl (C=O) groups is 1. The van der Waals surface area contributed by atoms with Gasteiger partial charge in [-0.1, -0.05) is 18.2 Å². The molecule has 0 saturated carbocycles. The number of carbonyl (C=O) groups excluding carboxylic acids is 1. The van der Waals surface area contributed by atoms with Crippen LogP contribution < -0.4 is 4.90 Å². The molecule has 5 heteroatoms. The SMILES string of the molecule is C[C@@H]1Cc2ccccc2N1C(=O)CN(C[C@H]1CCCO1)C[C@H]1CCCO1. The summed E-state index contributed by atoms with van der Waals surface area (Å²) in [6, 6.07) is 8.51. The molecule has 3 heterocycles. The molecule has 1 aromatic carbocycles. The van der Waals surface area contributed by atoms with Gasteiger partial charge in [0.2, 0.25) is 5.91 Å². The second kappa shape index (κ2) is 8.07. The van der Waals surface area contributed by atoms with Crippen LogP contribution >= 0.6 is 0 Å². The first-order valence-corrected chi connectivity index (χ1v) is 10.1. The molecule has 4 rings (SSSR count). The van der Waals surface area contributed by atoms with Crippen molar-refractivity contribution in [3.8, 4) is 0 Å². The van der Waals surface area contributed by atoms with E-state index in [1.165, 1.54) is 5.56 Å². The zero-order chi connectivity index (χ0) is 17.9. The van der Waals surface area contributed by atoms with Crippen LogP contribution in [0, 0.1) is 0 Å². The number of hydrogen-bond acceptors (Lipinski definition) is 4. The normalized spacial score (nSPS) is 28.1. The molecule has 0 aliphatic carbocycles. The number of hydrogen-bond donors (Lipinski definition) is 0. The van der Waals surface area contributed by atoms with Crippen LogP contribution in [0.5, 0.6) is 0 Å². The Bertz CT molecular complexity index is 605. The highest BCUT2D eigenvalue weighted by molar-refractivity contribution is 5.97. The van der Waals surface area contributed by atoms with Gasteiger partial charge < -0.3 is 14.4 Å². The van der Waals surface area contributed by atoms with Crippen LogP contribution in [0.3, 0.4) is 0 Å².